The predicted octanol–water partition coefficient (Wildman–Crippen LogP) is 1.22. The van der Waals surface area contributed by atoms with Crippen molar-refractivity contribution >= 4 is 0 Å². The summed E-state index contributed by atoms with van der Waals surface area (Å²) in [6.07, 6.45) is 2.31. The average Bonchev–Trinajstić information content (AvgIpc) is 1.97. The Kier molecular flexibility index (Phi) is 7.10. The standard InChI is InChI=1S/C7H10N2O/c8-4-2-1-3-6-10-7-5-9/h1-3,6-7H2. The highest BCUT2D eigenvalue weighted by molar-refractivity contribution is 4.68. The van der Waals surface area contributed by atoms with Crippen LogP contribution in [0.3, 0.4) is 0 Å². The van der Waals surface area contributed by atoms with Crippen molar-refractivity contribution in [2.45, 2.75) is 19.3 Å². The molecule has 0 fully saturated rings. The Morgan fingerprint density at radius 2 is 1.90 bits per heavy atom. The van der Waals surface area contributed by atoms with E-state index in [2.05, 4.69) is 0 Å². The van der Waals surface area contributed by atoms with Gasteiger partial charge in [0.15, 0.2) is 0 Å². The van der Waals surface area contributed by atoms with Gasteiger partial charge in [-0.25, -0.2) is 0 Å². The van der Waals surface area contributed by atoms with Crippen LogP contribution in [-0.4, -0.2) is 13.2 Å². The number of ether oxygens (including phenoxy) is 1. The molecule has 0 N–H and O–H groups in total. The van der Waals surface area contributed by atoms with Crippen molar-refractivity contribution < 1.29 is 4.74 Å². The molecule has 0 aliphatic rings. The van der Waals surface area contributed by atoms with E-state index >= 15 is 0 Å². The summed E-state index contributed by atoms with van der Waals surface area (Å²) in [6, 6.07) is 3.91. The fourth-order valence-electron chi connectivity index (χ4n) is 0.526. The highest BCUT2D eigenvalue weighted by Gasteiger charge is 1.86. The quantitative estimate of drug-likeness (QED) is 0.537. The van der Waals surface area contributed by atoms with Crippen molar-refractivity contribution in [1.29, 1.82) is 10.5 Å². The fourth-order valence-corrected chi connectivity index (χ4v) is 0.526. The molecule has 3 nitrogen and oxygen atoms in total. The molecule has 10 heavy (non-hydrogen) atoms. The number of nitriles is 2. The molecule has 0 rings (SSSR count). The molecule has 0 bridgehead atoms. The van der Waals surface area contributed by atoms with Crippen LogP contribution in [0.2, 0.25) is 0 Å². The monoisotopic (exact) mass is 138 g/mol. The highest BCUT2D eigenvalue weighted by atomic mass is 16.5. The third-order valence-corrected chi connectivity index (χ3v) is 0.994. The molecule has 0 aromatic rings. The number of nitrogens with zero attached hydrogens (tertiary/aromatic N) is 2. The molecule has 0 unspecified atom stereocenters. The Balaban J connectivity index is 2.80. The lowest BCUT2D eigenvalue weighted by Gasteiger charge is -1.94. The SMILES string of the molecule is N#CCCCCOCC#N. The Bertz CT molecular complexity index is 125. The lowest BCUT2D eigenvalue weighted by molar-refractivity contribution is 0.161. The van der Waals surface area contributed by atoms with Gasteiger partial charge in [-0.15, -0.1) is 0 Å². The van der Waals surface area contributed by atoms with Crippen LogP contribution >= 0.6 is 0 Å². The van der Waals surface area contributed by atoms with Crippen molar-refractivity contribution in [3.63, 3.8) is 0 Å². The number of hydrogen-bond acceptors (Lipinski definition) is 3. The zero-order valence-corrected chi connectivity index (χ0v) is 5.84. The van der Waals surface area contributed by atoms with E-state index in [1.807, 2.05) is 12.1 Å². The minimum atomic E-state index is 0.159. The lowest BCUT2D eigenvalue weighted by atomic mass is 10.3. The van der Waals surface area contributed by atoms with Crippen molar-refractivity contribution in [2.24, 2.45) is 0 Å². The predicted molar refractivity (Wildman–Crippen MR) is 35.9 cm³/mol. The van der Waals surface area contributed by atoms with Crippen LogP contribution in [0, 0.1) is 22.7 Å². The molecule has 0 heterocycles. The van der Waals surface area contributed by atoms with Gasteiger partial charge in [-0.05, 0) is 12.8 Å². The van der Waals surface area contributed by atoms with Crippen LogP contribution in [0.25, 0.3) is 0 Å². The average molecular weight is 138 g/mol. The topological polar surface area (TPSA) is 56.8 Å². The van der Waals surface area contributed by atoms with E-state index in [1.165, 1.54) is 0 Å². The molecule has 0 amide bonds. The first-order valence-electron chi connectivity index (χ1n) is 3.23. The van der Waals surface area contributed by atoms with Gasteiger partial charge >= 0.3 is 0 Å². The molecule has 54 valence electrons. The van der Waals surface area contributed by atoms with Gasteiger partial charge in [0.05, 0.1) is 12.1 Å². The van der Waals surface area contributed by atoms with Crippen molar-refractivity contribution in [1.82, 2.24) is 0 Å². The molecule has 0 atom stereocenters. The van der Waals surface area contributed by atoms with Crippen LogP contribution in [-0.2, 0) is 4.74 Å². The van der Waals surface area contributed by atoms with Gasteiger partial charge in [-0.1, -0.05) is 0 Å². The van der Waals surface area contributed by atoms with Gasteiger partial charge in [0.2, 0.25) is 0 Å². The Labute approximate surface area is 60.8 Å². The van der Waals surface area contributed by atoms with Crippen LogP contribution in [0.4, 0.5) is 0 Å². The van der Waals surface area contributed by atoms with Crippen molar-refractivity contribution in [2.75, 3.05) is 13.2 Å². The third kappa shape index (κ3) is 6.94. The Morgan fingerprint density at radius 1 is 1.10 bits per heavy atom. The first-order chi connectivity index (χ1) is 4.91. The maximum Gasteiger partial charge on any atom is 0.133 e. The zero-order chi connectivity index (χ0) is 7.66. The Hall–Kier alpha value is -1.06. The van der Waals surface area contributed by atoms with E-state index in [0.29, 0.717) is 13.0 Å². The first kappa shape index (κ1) is 8.94. The van der Waals surface area contributed by atoms with Gasteiger partial charge in [0.25, 0.3) is 0 Å². The molecule has 3 heteroatoms. The largest absolute Gasteiger partial charge is 0.367 e. The first-order valence-corrected chi connectivity index (χ1v) is 3.23. The number of unbranched alkanes of at least 4 members (excludes halogenated alkanes) is 2. The summed E-state index contributed by atoms with van der Waals surface area (Å²) in [7, 11) is 0. The summed E-state index contributed by atoms with van der Waals surface area (Å²) >= 11 is 0. The summed E-state index contributed by atoms with van der Waals surface area (Å²) in [5.74, 6) is 0. The maximum absolute atomic E-state index is 8.13. The van der Waals surface area contributed by atoms with Crippen LogP contribution in [0.15, 0.2) is 0 Å². The second-order valence-corrected chi connectivity index (χ2v) is 1.83. The van der Waals surface area contributed by atoms with Gasteiger partial charge < -0.3 is 4.74 Å². The van der Waals surface area contributed by atoms with E-state index in [9.17, 15) is 0 Å². The smallest absolute Gasteiger partial charge is 0.133 e. The molecule has 0 spiro atoms. The number of hydrogen-bond donors (Lipinski definition) is 0. The summed E-state index contributed by atoms with van der Waals surface area (Å²) in [5, 5.41) is 16.2. The van der Waals surface area contributed by atoms with Crippen LogP contribution < -0.4 is 0 Å². The van der Waals surface area contributed by atoms with E-state index in [-0.39, 0.29) is 6.61 Å². The molecule has 0 aromatic carbocycles. The normalized spacial score (nSPS) is 8.20. The zero-order valence-electron chi connectivity index (χ0n) is 5.84. The molecule has 0 radical (unpaired) electrons. The van der Waals surface area contributed by atoms with E-state index < -0.39 is 0 Å². The van der Waals surface area contributed by atoms with Gasteiger partial charge in [-0.2, -0.15) is 10.5 Å². The van der Waals surface area contributed by atoms with E-state index in [1.54, 1.807) is 0 Å². The van der Waals surface area contributed by atoms with Crippen molar-refractivity contribution in [3.05, 3.63) is 0 Å². The molecule has 0 aliphatic heterocycles. The van der Waals surface area contributed by atoms with Gasteiger partial charge in [0, 0.05) is 13.0 Å². The lowest BCUT2D eigenvalue weighted by Crippen LogP contribution is -1.93. The summed E-state index contributed by atoms with van der Waals surface area (Å²) < 4.78 is 4.86. The van der Waals surface area contributed by atoms with Crippen LogP contribution in [0.5, 0.6) is 0 Å². The molecule has 0 saturated carbocycles. The molecule has 0 aliphatic carbocycles. The third-order valence-electron chi connectivity index (χ3n) is 0.994. The molecular weight excluding hydrogens is 128 g/mol. The maximum atomic E-state index is 8.13. The number of rotatable bonds is 5. The van der Waals surface area contributed by atoms with Gasteiger partial charge in [0.1, 0.15) is 6.61 Å². The van der Waals surface area contributed by atoms with Crippen LogP contribution in [0.1, 0.15) is 19.3 Å². The van der Waals surface area contributed by atoms with Crippen molar-refractivity contribution in [3.8, 4) is 12.1 Å². The van der Waals surface area contributed by atoms with E-state index in [4.69, 9.17) is 15.3 Å². The van der Waals surface area contributed by atoms with E-state index in [0.717, 1.165) is 12.8 Å². The second kappa shape index (κ2) is 7.94. The molecule has 0 saturated heterocycles. The minimum absolute atomic E-state index is 0.159. The molecular formula is C7H10N2O. The molecule has 0 aromatic heterocycles. The second-order valence-electron chi connectivity index (χ2n) is 1.83. The fraction of sp³-hybridized carbons (Fsp3) is 0.714. The summed E-state index contributed by atoms with van der Waals surface area (Å²) in [5.41, 5.74) is 0. The summed E-state index contributed by atoms with van der Waals surface area (Å²) in [4.78, 5) is 0. The Morgan fingerprint density at radius 3 is 2.50 bits per heavy atom. The van der Waals surface area contributed by atoms with Gasteiger partial charge in [-0.3, -0.25) is 0 Å². The highest BCUT2D eigenvalue weighted by Crippen LogP contribution is 1.93. The summed E-state index contributed by atoms with van der Waals surface area (Å²) in [6.45, 7) is 0.752. The minimum Gasteiger partial charge on any atom is -0.367 e.